The quantitative estimate of drug-likeness (QED) is 0.711. The van der Waals surface area contributed by atoms with Crippen LogP contribution in [0, 0.1) is 29.6 Å². The largest absolute Gasteiger partial charge is 0.298 e. The number of aryl methyl sites for hydroxylation is 1. The van der Waals surface area contributed by atoms with E-state index in [1.54, 1.807) is 25.1 Å². The Balaban J connectivity index is 1.78. The van der Waals surface area contributed by atoms with Crippen molar-refractivity contribution in [1.82, 2.24) is 15.0 Å². The summed E-state index contributed by atoms with van der Waals surface area (Å²) in [7, 11) is 0. The predicted octanol–water partition coefficient (Wildman–Crippen LogP) is 2.64. The lowest BCUT2D eigenvalue weighted by Gasteiger charge is -2.00. The summed E-state index contributed by atoms with van der Waals surface area (Å²) in [5, 5.41) is 20.6. The van der Waals surface area contributed by atoms with Gasteiger partial charge in [0.2, 0.25) is 5.71 Å². The van der Waals surface area contributed by atoms with Crippen molar-refractivity contribution in [2.45, 2.75) is 13.5 Å². The molecule has 0 aliphatic rings. The summed E-state index contributed by atoms with van der Waals surface area (Å²) in [5.41, 5.74) is 1.76. The molecule has 0 radical (unpaired) electrons. The maximum Gasteiger partial charge on any atom is 0.260 e. The molecule has 0 aliphatic carbocycles. The molecule has 1 amide bonds. The topological polar surface area (TPSA) is 128 Å². The second-order valence-corrected chi connectivity index (χ2v) is 6.21. The third-order valence-electron chi connectivity index (χ3n) is 3.35. The van der Waals surface area contributed by atoms with E-state index in [0.717, 1.165) is 15.8 Å². The third kappa shape index (κ3) is 3.86. The summed E-state index contributed by atoms with van der Waals surface area (Å²) in [6.07, 6.45) is 2.92. The molecule has 0 bridgehead atoms. The van der Waals surface area contributed by atoms with E-state index in [9.17, 15) is 4.79 Å². The zero-order chi connectivity index (χ0) is 18.5. The van der Waals surface area contributed by atoms with Crippen LogP contribution in [-0.4, -0.2) is 26.6 Å². The number of nitriles is 2. The van der Waals surface area contributed by atoms with Gasteiger partial charge in [0.1, 0.15) is 18.0 Å². The number of aromatic nitrogens is 3. The van der Waals surface area contributed by atoms with Gasteiger partial charge in [0, 0.05) is 12.4 Å². The Kier molecular flexibility index (Phi) is 4.92. The van der Waals surface area contributed by atoms with E-state index in [1.807, 2.05) is 12.1 Å². The molecule has 0 spiro atoms. The zero-order valence-electron chi connectivity index (χ0n) is 13.6. The van der Waals surface area contributed by atoms with Crippen LogP contribution in [0.1, 0.15) is 21.7 Å². The Morgan fingerprint density at radius 3 is 2.69 bits per heavy atom. The number of nitrogens with one attached hydrogen (secondary N) is 1. The van der Waals surface area contributed by atoms with E-state index in [-0.39, 0.29) is 18.2 Å². The first-order valence-electron chi connectivity index (χ1n) is 7.43. The number of anilines is 1. The molecule has 2 aromatic heterocycles. The first kappa shape index (κ1) is 17.1. The highest BCUT2D eigenvalue weighted by Gasteiger charge is 2.11. The molecule has 0 unspecified atom stereocenters. The van der Waals surface area contributed by atoms with Gasteiger partial charge in [-0.1, -0.05) is 17.4 Å². The van der Waals surface area contributed by atoms with Gasteiger partial charge in [-0.2, -0.15) is 10.5 Å². The predicted molar refractivity (Wildman–Crippen MR) is 96.7 cm³/mol. The molecule has 0 fully saturated rings. The summed E-state index contributed by atoms with van der Waals surface area (Å²) >= 11 is 1.32. The number of hydrogen-bond donors (Lipinski definition) is 1. The van der Waals surface area contributed by atoms with Crippen LogP contribution >= 0.6 is 11.3 Å². The summed E-state index contributed by atoms with van der Waals surface area (Å²) in [6, 6.07) is 8.94. The highest BCUT2D eigenvalue weighted by molar-refractivity contribution is 7.22. The maximum absolute atomic E-state index is 12.2. The van der Waals surface area contributed by atoms with Crippen molar-refractivity contribution < 1.29 is 4.79 Å². The highest BCUT2D eigenvalue weighted by Crippen LogP contribution is 2.27. The van der Waals surface area contributed by atoms with Crippen molar-refractivity contribution in [3.8, 4) is 12.1 Å². The molecule has 9 heteroatoms. The lowest BCUT2D eigenvalue weighted by Crippen LogP contribution is -2.12. The minimum absolute atomic E-state index is 0.164. The van der Waals surface area contributed by atoms with E-state index in [0.29, 0.717) is 16.5 Å². The van der Waals surface area contributed by atoms with E-state index in [2.05, 4.69) is 25.3 Å². The van der Waals surface area contributed by atoms with Crippen LogP contribution in [0.4, 0.5) is 5.13 Å². The Bertz CT molecular complexity index is 1070. The van der Waals surface area contributed by atoms with E-state index in [1.165, 1.54) is 23.7 Å². The molecule has 2 heterocycles. The van der Waals surface area contributed by atoms with Crippen molar-refractivity contribution in [3.05, 3.63) is 47.5 Å². The Morgan fingerprint density at radius 1 is 1.27 bits per heavy atom. The van der Waals surface area contributed by atoms with Crippen molar-refractivity contribution in [2.24, 2.45) is 4.99 Å². The number of rotatable bonds is 4. The number of carbonyl (C=O) groups is 1. The van der Waals surface area contributed by atoms with Crippen molar-refractivity contribution in [2.75, 3.05) is 5.32 Å². The molecular formula is C17H11N7OS. The van der Waals surface area contributed by atoms with Gasteiger partial charge >= 0.3 is 0 Å². The molecule has 126 valence electrons. The fourth-order valence-corrected chi connectivity index (χ4v) is 2.99. The number of fused-ring (bicyclic) bond motifs is 1. The van der Waals surface area contributed by atoms with Crippen LogP contribution in [0.15, 0.2) is 35.6 Å². The third-order valence-corrected chi connectivity index (χ3v) is 4.28. The van der Waals surface area contributed by atoms with Gasteiger partial charge in [0.15, 0.2) is 5.13 Å². The van der Waals surface area contributed by atoms with Crippen LogP contribution in [-0.2, 0) is 6.54 Å². The van der Waals surface area contributed by atoms with Crippen molar-refractivity contribution >= 4 is 38.3 Å². The smallest absolute Gasteiger partial charge is 0.260 e. The van der Waals surface area contributed by atoms with Crippen LogP contribution < -0.4 is 5.32 Å². The van der Waals surface area contributed by atoms with Gasteiger partial charge in [-0.25, -0.2) is 15.0 Å². The highest BCUT2D eigenvalue weighted by atomic mass is 32.1. The lowest BCUT2D eigenvalue weighted by atomic mass is 10.2. The molecule has 1 aromatic carbocycles. The second kappa shape index (κ2) is 7.47. The molecule has 8 nitrogen and oxygen atoms in total. The summed E-state index contributed by atoms with van der Waals surface area (Å²) in [6.45, 7) is 1.97. The number of amides is 1. The molecule has 0 saturated carbocycles. The minimum Gasteiger partial charge on any atom is -0.298 e. The van der Waals surface area contributed by atoms with Crippen molar-refractivity contribution in [1.29, 1.82) is 10.5 Å². The lowest BCUT2D eigenvalue weighted by molar-refractivity contribution is 0.102. The monoisotopic (exact) mass is 361 g/mol. The standard InChI is InChI=1S/C17H11N7OS/c1-10-20-8-12(9-21-10)16(25)24-17-23-14-3-2-11(4-15(14)26-17)7-22-13(5-18)6-19/h2-4,8-9H,7H2,1H3,(H,23,24,25). The Hall–Kier alpha value is -3.69. The molecule has 0 atom stereocenters. The number of aliphatic imine (C=N–C) groups is 1. The van der Waals surface area contributed by atoms with Gasteiger partial charge in [-0.05, 0) is 24.6 Å². The van der Waals surface area contributed by atoms with E-state index >= 15 is 0 Å². The average Bonchev–Trinajstić information content (AvgIpc) is 3.04. The van der Waals surface area contributed by atoms with Crippen molar-refractivity contribution in [3.63, 3.8) is 0 Å². The van der Waals surface area contributed by atoms with Crippen LogP contribution in [0.25, 0.3) is 10.2 Å². The molecular weight excluding hydrogens is 350 g/mol. The maximum atomic E-state index is 12.2. The van der Waals surface area contributed by atoms with E-state index in [4.69, 9.17) is 10.5 Å². The summed E-state index contributed by atoms with van der Waals surface area (Å²) < 4.78 is 0.864. The minimum atomic E-state index is -0.332. The normalized spacial score (nSPS) is 9.96. The molecule has 1 N–H and O–H groups in total. The number of thiazole rings is 1. The van der Waals surface area contributed by atoms with Gasteiger partial charge in [0.05, 0.1) is 22.3 Å². The van der Waals surface area contributed by atoms with Crippen LogP contribution in [0.5, 0.6) is 0 Å². The summed E-state index contributed by atoms with van der Waals surface area (Å²) in [5.74, 6) is 0.259. The molecule has 0 saturated heterocycles. The van der Waals surface area contributed by atoms with Gasteiger partial charge < -0.3 is 0 Å². The first-order chi connectivity index (χ1) is 12.6. The molecule has 3 aromatic rings. The number of carbonyl (C=O) groups excluding carboxylic acids is 1. The fourth-order valence-electron chi connectivity index (χ4n) is 2.07. The van der Waals surface area contributed by atoms with Gasteiger partial charge in [-0.3, -0.25) is 15.1 Å². The zero-order valence-corrected chi connectivity index (χ0v) is 14.4. The van der Waals surface area contributed by atoms with Gasteiger partial charge in [0.25, 0.3) is 5.91 Å². The molecule has 3 rings (SSSR count). The first-order valence-corrected chi connectivity index (χ1v) is 8.25. The fraction of sp³-hybridized carbons (Fsp3) is 0.118. The number of benzene rings is 1. The van der Waals surface area contributed by atoms with Crippen LogP contribution in [0.3, 0.4) is 0 Å². The Labute approximate surface area is 152 Å². The number of nitrogens with zero attached hydrogens (tertiary/aromatic N) is 6. The molecule has 0 aliphatic heterocycles. The average molecular weight is 361 g/mol. The SMILES string of the molecule is Cc1ncc(C(=O)Nc2nc3ccc(CN=C(C#N)C#N)cc3s2)cn1. The van der Waals surface area contributed by atoms with Gasteiger partial charge in [-0.15, -0.1) is 0 Å². The Morgan fingerprint density at radius 2 is 2.00 bits per heavy atom. The van der Waals surface area contributed by atoms with Crippen LogP contribution in [0.2, 0.25) is 0 Å². The second-order valence-electron chi connectivity index (χ2n) is 5.18. The van der Waals surface area contributed by atoms with E-state index < -0.39 is 0 Å². The summed E-state index contributed by atoms with van der Waals surface area (Å²) in [4.78, 5) is 28.5. The molecule has 26 heavy (non-hydrogen) atoms. The number of hydrogen-bond acceptors (Lipinski definition) is 8.